The van der Waals surface area contributed by atoms with Gasteiger partial charge in [-0.3, -0.25) is 4.79 Å². The second-order valence-electron chi connectivity index (χ2n) is 6.03. The highest BCUT2D eigenvalue weighted by Gasteiger charge is 2.20. The van der Waals surface area contributed by atoms with E-state index in [1.165, 1.54) is 0 Å². The molecule has 5 nitrogen and oxygen atoms in total. The Balaban J connectivity index is 1.89. The number of carbonyl (C=O) groups excluding carboxylic acids is 1. The summed E-state index contributed by atoms with van der Waals surface area (Å²) >= 11 is 0. The molecule has 3 rings (SSSR count). The first kappa shape index (κ1) is 14.6. The van der Waals surface area contributed by atoms with Crippen LogP contribution in [0.1, 0.15) is 41.7 Å². The van der Waals surface area contributed by atoms with Gasteiger partial charge in [-0.1, -0.05) is 24.5 Å². The third kappa shape index (κ3) is 2.84. The van der Waals surface area contributed by atoms with Crippen molar-refractivity contribution in [2.24, 2.45) is 0 Å². The van der Waals surface area contributed by atoms with E-state index in [0.29, 0.717) is 0 Å². The van der Waals surface area contributed by atoms with Crippen LogP contribution in [-0.2, 0) is 11.3 Å². The van der Waals surface area contributed by atoms with Crippen LogP contribution in [0.3, 0.4) is 0 Å². The first-order chi connectivity index (χ1) is 10.5. The summed E-state index contributed by atoms with van der Waals surface area (Å²) in [6.45, 7) is 2.01. The van der Waals surface area contributed by atoms with Gasteiger partial charge >= 0.3 is 5.97 Å². The van der Waals surface area contributed by atoms with E-state index in [9.17, 15) is 14.7 Å². The number of hydrogen-bond acceptors (Lipinski definition) is 2. The normalized spacial score (nSPS) is 15.3. The van der Waals surface area contributed by atoms with E-state index >= 15 is 0 Å². The van der Waals surface area contributed by atoms with Crippen LogP contribution >= 0.6 is 0 Å². The Kier molecular flexibility index (Phi) is 3.88. The standard InChI is InChI=1S/C17H20N2O3/c1-11-6-7-14-12(8-11)9-15(17(21)22)19(14)10-16(20)18-13-4-2-3-5-13/h6-9,13H,2-5,10H2,1H3,(H,18,20)(H,21,22). The predicted molar refractivity (Wildman–Crippen MR) is 84.0 cm³/mol. The van der Waals surface area contributed by atoms with Gasteiger partial charge in [-0.05, 0) is 38.0 Å². The Hall–Kier alpha value is -2.30. The molecule has 1 heterocycles. The van der Waals surface area contributed by atoms with Gasteiger partial charge in [0.05, 0.1) is 0 Å². The average Bonchev–Trinajstić information content (AvgIpc) is 3.06. The topological polar surface area (TPSA) is 71.3 Å². The first-order valence-corrected chi connectivity index (χ1v) is 7.67. The lowest BCUT2D eigenvalue weighted by atomic mass is 10.2. The minimum atomic E-state index is -1.01. The van der Waals surface area contributed by atoms with Gasteiger partial charge in [0.2, 0.25) is 5.91 Å². The predicted octanol–water partition coefficient (Wildman–Crippen LogP) is 2.71. The first-order valence-electron chi connectivity index (χ1n) is 7.67. The van der Waals surface area contributed by atoms with Gasteiger partial charge in [0.1, 0.15) is 12.2 Å². The monoisotopic (exact) mass is 300 g/mol. The molecule has 0 radical (unpaired) electrons. The minimum absolute atomic E-state index is 0.0463. The Morgan fingerprint density at radius 3 is 2.68 bits per heavy atom. The number of hydrogen-bond donors (Lipinski definition) is 2. The smallest absolute Gasteiger partial charge is 0.352 e. The molecule has 2 N–H and O–H groups in total. The van der Waals surface area contributed by atoms with E-state index in [2.05, 4.69) is 5.32 Å². The fraction of sp³-hybridized carbons (Fsp3) is 0.412. The molecular formula is C17H20N2O3. The number of aryl methyl sites for hydroxylation is 1. The molecule has 0 saturated heterocycles. The van der Waals surface area contributed by atoms with E-state index in [0.717, 1.165) is 42.1 Å². The van der Waals surface area contributed by atoms with Crippen LogP contribution in [0.4, 0.5) is 0 Å². The van der Waals surface area contributed by atoms with Crippen molar-refractivity contribution in [2.45, 2.75) is 45.2 Å². The Labute approximate surface area is 128 Å². The van der Waals surface area contributed by atoms with Crippen LogP contribution in [0.25, 0.3) is 10.9 Å². The highest BCUT2D eigenvalue weighted by Crippen LogP contribution is 2.22. The number of amides is 1. The molecule has 1 aromatic heterocycles. The third-order valence-corrected chi connectivity index (χ3v) is 4.30. The van der Waals surface area contributed by atoms with Crippen LogP contribution < -0.4 is 5.32 Å². The van der Waals surface area contributed by atoms with Gasteiger partial charge in [-0.15, -0.1) is 0 Å². The number of carboxylic acid groups (broad SMARTS) is 1. The summed E-state index contributed by atoms with van der Waals surface area (Å²) in [5.41, 5.74) is 2.00. The summed E-state index contributed by atoms with van der Waals surface area (Å²) in [5, 5.41) is 13.2. The minimum Gasteiger partial charge on any atom is -0.477 e. The van der Waals surface area contributed by atoms with Crippen molar-refractivity contribution in [3.8, 4) is 0 Å². The van der Waals surface area contributed by atoms with Gasteiger partial charge in [0, 0.05) is 16.9 Å². The molecule has 22 heavy (non-hydrogen) atoms. The number of nitrogens with one attached hydrogen (secondary N) is 1. The molecule has 1 fully saturated rings. The Morgan fingerprint density at radius 2 is 2.00 bits per heavy atom. The molecule has 0 atom stereocenters. The second-order valence-corrected chi connectivity index (χ2v) is 6.03. The van der Waals surface area contributed by atoms with E-state index in [-0.39, 0.29) is 24.2 Å². The second kappa shape index (κ2) is 5.83. The molecule has 0 unspecified atom stereocenters. The van der Waals surface area contributed by atoms with Crippen molar-refractivity contribution in [3.63, 3.8) is 0 Å². The maximum absolute atomic E-state index is 12.2. The zero-order chi connectivity index (χ0) is 15.7. The third-order valence-electron chi connectivity index (χ3n) is 4.30. The summed E-state index contributed by atoms with van der Waals surface area (Å²) < 4.78 is 1.58. The molecule has 1 aliphatic rings. The van der Waals surface area contributed by atoms with Crippen molar-refractivity contribution < 1.29 is 14.7 Å². The Bertz CT molecular complexity index is 727. The fourth-order valence-electron chi connectivity index (χ4n) is 3.22. The number of carbonyl (C=O) groups is 2. The van der Waals surface area contributed by atoms with E-state index in [1.807, 2.05) is 25.1 Å². The van der Waals surface area contributed by atoms with Crippen LogP contribution in [0, 0.1) is 6.92 Å². The lowest BCUT2D eigenvalue weighted by molar-refractivity contribution is -0.122. The van der Waals surface area contributed by atoms with Crippen molar-refractivity contribution in [1.29, 1.82) is 0 Å². The molecule has 0 spiro atoms. The molecule has 5 heteroatoms. The van der Waals surface area contributed by atoms with Gasteiger partial charge in [0.15, 0.2) is 0 Å². The fourth-order valence-corrected chi connectivity index (χ4v) is 3.22. The van der Waals surface area contributed by atoms with Crippen molar-refractivity contribution in [3.05, 3.63) is 35.5 Å². The number of aromatic carboxylic acids is 1. The van der Waals surface area contributed by atoms with Crippen LogP contribution in [0.5, 0.6) is 0 Å². The number of benzene rings is 1. The number of fused-ring (bicyclic) bond motifs is 1. The molecule has 116 valence electrons. The largest absolute Gasteiger partial charge is 0.477 e. The zero-order valence-electron chi connectivity index (χ0n) is 12.6. The number of nitrogens with zero attached hydrogens (tertiary/aromatic N) is 1. The average molecular weight is 300 g/mol. The molecule has 2 aromatic rings. The summed E-state index contributed by atoms with van der Waals surface area (Å²) in [6.07, 6.45) is 4.33. The van der Waals surface area contributed by atoms with Gasteiger partial charge in [-0.25, -0.2) is 4.79 Å². The van der Waals surface area contributed by atoms with E-state index < -0.39 is 5.97 Å². The number of aromatic nitrogens is 1. The SMILES string of the molecule is Cc1ccc2c(c1)cc(C(=O)O)n2CC(=O)NC1CCCC1. The van der Waals surface area contributed by atoms with Crippen molar-refractivity contribution >= 4 is 22.8 Å². The zero-order valence-corrected chi connectivity index (χ0v) is 12.6. The molecule has 0 aliphatic heterocycles. The quantitative estimate of drug-likeness (QED) is 0.912. The van der Waals surface area contributed by atoms with Crippen LogP contribution in [-0.4, -0.2) is 27.6 Å². The van der Waals surface area contributed by atoms with E-state index in [1.54, 1.807) is 10.6 Å². The maximum atomic E-state index is 12.2. The van der Waals surface area contributed by atoms with Gasteiger partial charge in [0.25, 0.3) is 0 Å². The van der Waals surface area contributed by atoms with Gasteiger partial charge in [-0.2, -0.15) is 0 Å². The molecule has 1 amide bonds. The Morgan fingerprint density at radius 1 is 1.27 bits per heavy atom. The van der Waals surface area contributed by atoms with Crippen LogP contribution in [0.2, 0.25) is 0 Å². The number of rotatable bonds is 4. The highest BCUT2D eigenvalue weighted by molar-refractivity contribution is 5.96. The number of carboxylic acids is 1. The van der Waals surface area contributed by atoms with Crippen molar-refractivity contribution in [2.75, 3.05) is 0 Å². The van der Waals surface area contributed by atoms with E-state index in [4.69, 9.17) is 0 Å². The van der Waals surface area contributed by atoms with Crippen molar-refractivity contribution in [1.82, 2.24) is 9.88 Å². The molecule has 1 saturated carbocycles. The lowest BCUT2D eigenvalue weighted by Crippen LogP contribution is -2.35. The summed E-state index contributed by atoms with van der Waals surface area (Å²) in [5.74, 6) is -1.13. The maximum Gasteiger partial charge on any atom is 0.352 e. The summed E-state index contributed by atoms with van der Waals surface area (Å²) in [4.78, 5) is 23.7. The molecule has 1 aliphatic carbocycles. The molecule has 1 aromatic carbocycles. The lowest BCUT2D eigenvalue weighted by Gasteiger charge is -2.14. The molecule has 0 bridgehead atoms. The summed E-state index contributed by atoms with van der Waals surface area (Å²) in [6, 6.07) is 7.62. The van der Waals surface area contributed by atoms with Crippen LogP contribution in [0.15, 0.2) is 24.3 Å². The molecular weight excluding hydrogens is 280 g/mol. The van der Waals surface area contributed by atoms with Gasteiger partial charge < -0.3 is 15.0 Å². The summed E-state index contributed by atoms with van der Waals surface area (Å²) in [7, 11) is 0. The highest BCUT2D eigenvalue weighted by atomic mass is 16.4.